The minimum absolute atomic E-state index is 0.538. The van der Waals surface area contributed by atoms with E-state index in [4.69, 9.17) is 9.78 Å². The number of hydrogen-bond acceptors (Lipinski definition) is 2. The molecule has 0 N–H and O–H groups in total. The average Bonchev–Trinajstić information content (AvgIpc) is 2.17. The number of rotatable bonds is 1. The molecule has 0 saturated heterocycles. The molecule has 1 aromatic carbocycles. The van der Waals surface area contributed by atoms with Gasteiger partial charge in [0.25, 0.3) is 0 Å². The molecule has 0 aromatic heterocycles. The van der Waals surface area contributed by atoms with Crippen LogP contribution in [-0.2, 0) is 11.3 Å². The summed E-state index contributed by atoms with van der Waals surface area (Å²) < 4.78 is 0. The zero-order chi connectivity index (χ0) is 9.26. The minimum atomic E-state index is 0.538. The van der Waals surface area contributed by atoms with Crippen molar-refractivity contribution in [2.24, 2.45) is 0 Å². The zero-order valence-corrected chi connectivity index (χ0v) is 8.04. The Balaban J connectivity index is 2.35. The SMILES string of the molecule is CC(C)c1ccc2c(c1)OOCC2. The van der Waals surface area contributed by atoms with E-state index < -0.39 is 0 Å². The van der Waals surface area contributed by atoms with Gasteiger partial charge >= 0.3 is 0 Å². The Hall–Kier alpha value is -1.02. The monoisotopic (exact) mass is 178 g/mol. The van der Waals surface area contributed by atoms with Crippen molar-refractivity contribution in [3.8, 4) is 5.75 Å². The van der Waals surface area contributed by atoms with Crippen molar-refractivity contribution in [3.63, 3.8) is 0 Å². The summed E-state index contributed by atoms with van der Waals surface area (Å²) in [6.45, 7) is 5.00. The molecule has 2 nitrogen and oxygen atoms in total. The van der Waals surface area contributed by atoms with Crippen LogP contribution in [0.25, 0.3) is 0 Å². The van der Waals surface area contributed by atoms with E-state index in [0.29, 0.717) is 12.5 Å². The molecular formula is C11H14O2. The standard InChI is InChI=1S/C11H14O2/c1-8(2)10-4-3-9-5-6-12-13-11(9)7-10/h3-4,7-8H,5-6H2,1-2H3. The van der Waals surface area contributed by atoms with E-state index in [2.05, 4.69) is 32.0 Å². The molecule has 0 amide bonds. The summed E-state index contributed by atoms with van der Waals surface area (Å²) in [5.74, 6) is 1.42. The second kappa shape index (κ2) is 3.38. The van der Waals surface area contributed by atoms with E-state index in [1.165, 1.54) is 11.1 Å². The van der Waals surface area contributed by atoms with Crippen molar-refractivity contribution in [3.05, 3.63) is 29.3 Å². The van der Waals surface area contributed by atoms with Crippen LogP contribution in [0.3, 0.4) is 0 Å². The fourth-order valence-electron chi connectivity index (χ4n) is 1.47. The van der Waals surface area contributed by atoms with Gasteiger partial charge in [-0.05, 0) is 17.5 Å². The molecule has 0 bridgehead atoms. The van der Waals surface area contributed by atoms with Crippen molar-refractivity contribution < 1.29 is 9.78 Å². The summed E-state index contributed by atoms with van der Waals surface area (Å²) in [7, 11) is 0. The first-order valence-corrected chi connectivity index (χ1v) is 4.69. The predicted molar refractivity (Wildman–Crippen MR) is 50.8 cm³/mol. The molecule has 1 aliphatic rings. The van der Waals surface area contributed by atoms with Crippen LogP contribution in [0.1, 0.15) is 30.9 Å². The molecule has 0 unspecified atom stereocenters. The molecule has 0 radical (unpaired) electrons. The fraction of sp³-hybridized carbons (Fsp3) is 0.455. The first-order chi connectivity index (χ1) is 6.27. The minimum Gasteiger partial charge on any atom is -0.337 e. The van der Waals surface area contributed by atoms with E-state index in [9.17, 15) is 0 Å². The third-order valence-corrected chi connectivity index (χ3v) is 2.36. The Labute approximate surface area is 78.4 Å². The number of benzene rings is 1. The van der Waals surface area contributed by atoms with E-state index >= 15 is 0 Å². The molecule has 70 valence electrons. The Kier molecular flexibility index (Phi) is 2.23. The Morgan fingerprint density at radius 3 is 2.92 bits per heavy atom. The lowest BCUT2D eigenvalue weighted by Gasteiger charge is -2.17. The number of hydrogen-bond donors (Lipinski definition) is 0. The van der Waals surface area contributed by atoms with Crippen LogP contribution < -0.4 is 4.89 Å². The largest absolute Gasteiger partial charge is 0.337 e. The van der Waals surface area contributed by atoms with Crippen molar-refractivity contribution in [1.82, 2.24) is 0 Å². The van der Waals surface area contributed by atoms with Crippen LogP contribution in [0.2, 0.25) is 0 Å². The third-order valence-electron chi connectivity index (χ3n) is 2.36. The van der Waals surface area contributed by atoms with Gasteiger partial charge in [0.2, 0.25) is 0 Å². The van der Waals surface area contributed by atoms with Crippen LogP contribution in [0.15, 0.2) is 18.2 Å². The molecule has 0 fully saturated rings. The van der Waals surface area contributed by atoms with E-state index in [0.717, 1.165) is 12.2 Å². The van der Waals surface area contributed by atoms with Gasteiger partial charge in [-0.2, -0.15) is 4.89 Å². The van der Waals surface area contributed by atoms with Gasteiger partial charge in [-0.25, -0.2) is 0 Å². The third kappa shape index (κ3) is 1.68. The molecule has 1 aromatic rings. The summed E-state index contributed by atoms with van der Waals surface area (Å²) >= 11 is 0. The van der Waals surface area contributed by atoms with Crippen LogP contribution in [0.4, 0.5) is 0 Å². The second-order valence-corrected chi connectivity index (χ2v) is 3.68. The highest BCUT2D eigenvalue weighted by molar-refractivity contribution is 5.39. The first-order valence-electron chi connectivity index (χ1n) is 4.69. The summed E-state index contributed by atoms with van der Waals surface area (Å²) in [4.78, 5) is 10.0. The Morgan fingerprint density at radius 2 is 2.15 bits per heavy atom. The zero-order valence-electron chi connectivity index (χ0n) is 8.04. The van der Waals surface area contributed by atoms with E-state index in [-0.39, 0.29) is 0 Å². The quantitative estimate of drug-likeness (QED) is 0.615. The summed E-state index contributed by atoms with van der Waals surface area (Å²) in [5.41, 5.74) is 2.54. The van der Waals surface area contributed by atoms with Gasteiger partial charge in [0.05, 0.1) is 6.61 Å². The summed E-state index contributed by atoms with van der Waals surface area (Å²) in [6, 6.07) is 6.37. The summed E-state index contributed by atoms with van der Waals surface area (Å²) in [5, 5.41) is 0. The highest BCUT2D eigenvalue weighted by atomic mass is 17.2. The molecule has 0 saturated carbocycles. The van der Waals surface area contributed by atoms with Crippen molar-refractivity contribution >= 4 is 0 Å². The molecule has 0 spiro atoms. The maximum Gasteiger partial charge on any atom is 0.168 e. The van der Waals surface area contributed by atoms with Crippen molar-refractivity contribution in [2.75, 3.05) is 6.61 Å². The Bertz CT molecular complexity index is 305. The topological polar surface area (TPSA) is 18.5 Å². The van der Waals surface area contributed by atoms with E-state index in [1.807, 2.05) is 0 Å². The van der Waals surface area contributed by atoms with Gasteiger partial charge in [0.15, 0.2) is 5.75 Å². The lowest BCUT2D eigenvalue weighted by molar-refractivity contribution is -0.215. The van der Waals surface area contributed by atoms with Gasteiger partial charge < -0.3 is 4.89 Å². The highest BCUT2D eigenvalue weighted by Crippen LogP contribution is 2.27. The Morgan fingerprint density at radius 1 is 1.31 bits per heavy atom. The molecule has 0 aliphatic carbocycles. The molecule has 2 heteroatoms. The van der Waals surface area contributed by atoms with Crippen LogP contribution in [0.5, 0.6) is 5.75 Å². The highest BCUT2D eigenvalue weighted by Gasteiger charge is 2.12. The van der Waals surface area contributed by atoms with Gasteiger partial charge in [0, 0.05) is 12.0 Å². The normalized spacial score (nSPS) is 15.3. The summed E-state index contributed by atoms with van der Waals surface area (Å²) in [6.07, 6.45) is 0.952. The van der Waals surface area contributed by atoms with Gasteiger partial charge in [-0.3, -0.25) is 0 Å². The number of fused-ring (bicyclic) bond motifs is 1. The maximum absolute atomic E-state index is 5.11. The lowest BCUT2D eigenvalue weighted by Crippen LogP contribution is -2.11. The predicted octanol–water partition coefficient (Wildman–Crippen LogP) is 2.68. The van der Waals surface area contributed by atoms with E-state index in [1.54, 1.807) is 0 Å². The van der Waals surface area contributed by atoms with Crippen molar-refractivity contribution in [1.29, 1.82) is 0 Å². The van der Waals surface area contributed by atoms with Crippen LogP contribution >= 0.6 is 0 Å². The van der Waals surface area contributed by atoms with Crippen LogP contribution in [-0.4, -0.2) is 6.61 Å². The molecule has 1 heterocycles. The van der Waals surface area contributed by atoms with Gasteiger partial charge in [-0.1, -0.05) is 26.0 Å². The smallest absolute Gasteiger partial charge is 0.168 e. The van der Waals surface area contributed by atoms with Crippen LogP contribution in [0, 0.1) is 0 Å². The first kappa shape index (κ1) is 8.57. The van der Waals surface area contributed by atoms with Gasteiger partial charge in [0.1, 0.15) is 0 Å². The molecular weight excluding hydrogens is 164 g/mol. The lowest BCUT2D eigenvalue weighted by atomic mass is 10.00. The molecule has 13 heavy (non-hydrogen) atoms. The molecule has 0 atom stereocenters. The average molecular weight is 178 g/mol. The second-order valence-electron chi connectivity index (χ2n) is 3.68. The van der Waals surface area contributed by atoms with Crippen molar-refractivity contribution in [2.45, 2.75) is 26.2 Å². The molecule has 2 rings (SSSR count). The fourth-order valence-corrected chi connectivity index (χ4v) is 1.47. The maximum atomic E-state index is 5.11. The molecule has 1 aliphatic heterocycles. The van der Waals surface area contributed by atoms with Gasteiger partial charge in [-0.15, -0.1) is 0 Å².